The van der Waals surface area contributed by atoms with E-state index in [1.807, 2.05) is 30.3 Å². The molecule has 1 aromatic heterocycles. The van der Waals surface area contributed by atoms with Gasteiger partial charge in [0, 0.05) is 16.8 Å². The molecule has 0 spiro atoms. The van der Waals surface area contributed by atoms with Crippen LogP contribution in [-0.2, 0) is 6.54 Å². The van der Waals surface area contributed by atoms with E-state index in [0.717, 1.165) is 11.3 Å². The number of thiocarbonyl (C=S) groups is 1. The highest BCUT2D eigenvalue weighted by Crippen LogP contribution is 2.29. The first kappa shape index (κ1) is 18.9. The smallest absolute Gasteiger partial charge is 0.248 e. The predicted octanol–water partition coefficient (Wildman–Crippen LogP) is 3.81. The van der Waals surface area contributed by atoms with Crippen molar-refractivity contribution < 1.29 is 9.47 Å². The lowest BCUT2D eigenvalue weighted by Crippen LogP contribution is -2.20. The second kappa shape index (κ2) is 8.70. The molecule has 2 aromatic carbocycles. The third-order valence-electron chi connectivity index (χ3n) is 3.69. The molecule has 1 heterocycles. The summed E-state index contributed by atoms with van der Waals surface area (Å²) in [7, 11) is 3.16. The topological polar surface area (TPSA) is 73.2 Å². The number of nitrogens with zero attached hydrogens (tertiary/aromatic N) is 3. The highest BCUT2D eigenvalue weighted by Gasteiger charge is 2.08. The molecule has 3 rings (SSSR count). The summed E-state index contributed by atoms with van der Waals surface area (Å²) >= 11 is 11.5. The Bertz CT molecular complexity index is 947. The van der Waals surface area contributed by atoms with Gasteiger partial charge in [0.25, 0.3) is 0 Å². The maximum Gasteiger partial charge on any atom is 0.248 e. The van der Waals surface area contributed by atoms with E-state index >= 15 is 0 Å². The van der Waals surface area contributed by atoms with Crippen LogP contribution >= 0.6 is 23.8 Å². The molecule has 0 aliphatic heterocycles. The molecular weight excluding hydrogens is 386 g/mol. The molecule has 27 heavy (non-hydrogen) atoms. The number of benzene rings is 2. The Morgan fingerprint density at radius 2 is 1.89 bits per heavy atom. The van der Waals surface area contributed by atoms with Gasteiger partial charge in [0.05, 0.1) is 20.8 Å². The molecular formula is C18H18ClN5O2S. The standard InChI is InChI=1S/C18H18ClN5O2S/c1-25-15-8-7-13(9-16(15)26-2)21-18(27)22-17-20-11-24(23-17)10-12-5-3-4-6-14(12)19/h3-9,11H,10H2,1-2H3,(H2,21,22,23,27). The van der Waals surface area contributed by atoms with Crippen molar-refractivity contribution in [2.24, 2.45) is 0 Å². The molecule has 0 saturated heterocycles. The van der Waals surface area contributed by atoms with E-state index < -0.39 is 0 Å². The summed E-state index contributed by atoms with van der Waals surface area (Å²) in [6.07, 6.45) is 1.62. The summed E-state index contributed by atoms with van der Waals surface area (Å²) in [5.74, 6) is 1.63. The zero-order chi connectivity index (χ0) is 19.2. The highest BCUT2D eigenvalue weighted by atomic mass is 35.5. The number of ether oxygens (including phenoxy) is 2. The molecule has 140 valence electrons. The monoisotopic (exact) mass is 403 g/mol. The van der Waals surface area contributed by atoms with Gasteiger partial charge in [-0.05, 0) is 36.0 Å². The van der Waals surface area contributed by atoms with E-state index in [-0.39, 0.29) is 0 Å². The number of anilines is 2. The molecule has 9 heteroatoms. The van der Waals surface area contributed by atoms with Crippen LogP contribution in [0.4, 0.5) is 11.6 Å². The van der Waals surface area contributed by atoms with Crippen molar-refractivity contribution in [2.45, 2.75) is 6.54 Å². The average molecular weight is 404 g/mol. The van der Waals surface area contributed by atoms with E-state index in [9.17, 15) is 0 Å². The minimum Gasteiger partial charge on any atom is -0.493 e. The van der Waals surface area contributed by atoms with Crippen LogP contribution in [0.5, 0.6) is 11.5 Å². The van der Waals surface area contributed by atoms with Crippen molar-refractivity contribution in [3.05, 3.63) is 59.4 Å². The van der Waals surface area contributed by atoms with Gasteiger partial charge in [0.1, 0.15) is 6.33 Å². The predicted molar refractivity (Wildman–Crippen MR) is 110 cm³/mol. The first-order valence-electron chi connectivity index (χ1n) is 8.02. The maximum absolute atomic E-state index is 6.17. The first-order chi connectivity index (χ1) is 13.1. The number of nitrogens with one attached hydrogen (secondary N) is 2. The molecule has 0 fully saturated rings. The van der Waals surface area contributed by atoms with Crippen LogP contribution in [0.2, 0.25) is 5.02 Å². The second-order valence-corrected chi connectivity index (χ2v) is 6.32. The van der Waals surface area contributed by atoms with E-state index in [4.69, 9.17) is 33.3 Å². The fraction of sp³-hybridized carbons (Fsp3) is 0.167. The Morgan fingerprint density at radius 1 is 1.11 bits per heavy atom. The maximum atomic E-state index is 6.17. The third kappa shape index (κ3) is 4.87. The molecule has 0 atom stereocenters. The van der Waals surface area contributed by atoms with Gasteiger partial charge in [0.2, 0.25) is 5.95 Å². The zero-order valence-corrected chi connectivity index (χ0v) is 16.3. The zero-order valence-electron chi connectivity index (χ0n) is 14.8. The molecule has 0 unspecified atom stereocenters. The Morgan fingerprint density at radius 3 is 2.63 bits per heavy atom. The lowest BCUT2D eigenvalue weighted by atomic mass is 10.2. The van der Waals surface area contributed by atoms with Gasteiger partial charge < -0.3 is 14.8 Å². The Labute approximate surface area is 167 Å². The summed E-state index contributed by atoms with van der Waals surface area (Å²) in [6.45, 7) is 0.518. The molecule has 0 bridgehead atoms. The van der Waals surface area contributed by atoms with Crippen LogP contribution in [0.25, 0.3) is 0 Å². The van der Waals surface area contributed by atoms with Gasteiger partial charge in [-0.3, -0.25) is 5.32 Å². The van der Waals surface area contributed by atoms with Crippen molar-refractivity contribution in [3.8, 4) is 11.5 Å². The molecule has 3 aromatic rings. The summed E-state index contributed by atoms with van der Waals surface area (Å²) in [4.78, 5) is 4.21. The molecule has 0 aliphatic rings. The van der Waals surface area contributed by atoms with Crippen LogP contribution in [0.1, 0.15) is 5.56 Å². The molecule has 2 N–H and O–H groups in total. The third-order valence-corrected chi connectivity index (χ3v) is 4.27. The van der Waals surface area contributed by atoms with Gasteiger partial charge in [-0.1, -0.05) is 29.8 Å². The van der Waals surface area contributed by atoms with Gasteiger partial charge in [-0.25, -0.2) is 9.67 Å². The summed E-state index contributed by atoms with van der Waals surface area (Å²) in [5.41, 5.74) is 1.71. The summed E-state index contributed by atoms with van der Waals surface area (Å²) in [6, 6.07) is 13.0. The van der Waals surface area contributed by atoms with Gasteiger partial charge >= 0.3 is 0 Å². The second-order valence-electron chi connectivity index (χ2n) is 5.51. The number of rotatable bonds is 6. The van der Waals surface area contributed by atoms with Crippen LogP contribution in [0, 0.1) is 0 Å². The lowest BCUT2D eigenvalue weighted by Gasteiger charge is -2.11. The van der Waals surface area contributed by atoms with Gasteiger partial charge in [-0.15, -0.1) is 5.10 Å². The van der Waals surface area contributed by atoms with Gasteiger partial charge in [0.15, 0.2) is 16.6 Å². The first-order valence-corrected chi connectivity index (χ1v) is 8.80. The molecule has 0 saturated carbocycles. The van der Waals surface area contributed by atoms with Crippen molar-refractivity contribution in [2.75, 3.05) is 24.9 Å². The fourth-order valence-electron chi connectivity index (χ4n) is 2.41. The van der Waals surface area contributed by atoms with Crippen molar-refractivity contribution in [3.63, 3.8) is 0 Å². The lowest BCUT2D eigenvalue weighted by molar-refractivity contribution is 0.355. The highest BCUT2D eigenvalue weighted by molar-refractivity contribution is 7.80. The fourth-order valence-corrected chi connectivity index (χ4v) is 2.81. The summed E-state index contributed by atoms with van der Waals surface area (Å²) < 4.78 is 12.2. The Kier molecular flexibility index (Phi) is 6.10. The number of hydrogen-bond acceptors (Lipinski definition) is 5. The number of methoxy groups -OCH3 is 2. The average Bonchev–Trinajstić information content (AvgIpc) is 3.10. The van der Waals surface area contributed by atoms with E-state index in [1.54, 1.807) is 37.4 Å². The minimum absolute atomic E-state index is 0.359. The van der Waals surface area contributed by atoms with E-state index in [0.29, 0.717) is 34.1 Å². The van der Waals surface area contributed by atoms with E-state index in [2.05, 4.69) is 20.7 Å². The SMILES string of the molecule is COc1ccc(NC(=S)Nc2ncn(Cc3ccccc3Cl)n2)cc1OC. The normalized spacial score (nSPS) is 10.3. The Hall–Kier alpha value is -2.84. The van der Waals surface area contributed by atoms with Gasteiger partial charge in [-0.2, -0.15) is 0 Å². The van der Waals surface area contributed by atoms with Crippen LogP contribution in [0.3, 0.4) is 0 Å². The van der Waals surface area contributed by atoms with Crippen LogP contribution < -0.4 is 20.1 Å². The molecule has 0 aliphatic carbocycles. The molecule has 0 radical (unpaired) electrons. The quantitative estimate of drug-likeness (QED) is 0.606. The largest absolute Gasteiger partial charge is 0.493 e. The number of aromatic nitrogens is 3. The minimum atomic E-state index is 0.359. The summed E-state index contributed by atoms with van der Waals surface area (Å²) in [5, 5.41) is 11.4. The van der Waals surface area contributed by atoms with Crippen LogP contribution in [-0.4, -0.2) is 34.1 Å². The molecule has 7 nitrogen and oxygen atoms in total. The van der Waals surface area contributed by atoms with Crippen molar-refractivity contribution in [1.82, 2.24) is 14.8 Å². The van der Waals surface area contributed by atoms with Crippen LogP contribution in [0.15, 0.2) is 48.8 Å². The van der Waals surface area contributed by atoms with Crippen molar-refractivity contribution >= 4 is 40.6 Å². The van der Waals surface area contributed by atoms with Crippen molar-refractivity contribution in [1.29, 1.82) is 0 Å². The Balaban J connectivity index is 1.62. The number of halogens is 1. The molecule has 0 amide bonds. The van der Waals surface area contributed by atoms with E-state index in [1.165, 1.54) is 0 Å². The number of hydrogen-bond donors (Lipinski definition) is 2.